The summed E-state index contributed by atoms with van der Waals surface area (Å²) in [7, 11) is 0. The molecule has 1 fully saturated rings. The van der Waals surface area contributed by atoms with Crippen molar-refractivity contribution in [3.63, 3.8) is 0 Å². The average Bonchev–Trinajstić information content (AvgIpc) is 2.84. The van der Waals surface area contributed by atoms with Gasteiger partial charge in [-0.3, -0.25) is 5.10 Å². The van der Waals surface area contributed by atoms with E-state index in [-0.39, 0.29) is 0 Å². The van der Waals surface area contributed by atoms with Gasteiger partial charge in [0.05, 0.1) is 11.7 Å². The highest BCUT2D eigenvalue weighted by Gasteiger charge is 2.26. The number of nitrogens with zero attached hydrogens (tertiary/aromatic N) is 1. The Bertz CT molecular complexity index is 457. The third-order valence-electron chi connectivity index (χ3n) is 2.56. The number of benzene rings is 1. The molecule has 1 aromatic heterocycles. The lowest BCUT2D eigenvalue weighted by atomic mass is 10.1. The molecule has 1 aliphatic carbocycles. The summed E-state index contributed by atoms with van der Waals surface area (Å²) in [6, 6.07) is 4.31. The Balaban J connectivity index is 2.33. The predicted octanol–water partition coefficient (Wildman–Crippen LogP) is 3.20. The second-order valence-corrected chi connectivity index (χ2v) is 4.52. The molecular weight excluding hydrogens is 228 g/mol. The Morgan fingerprint density at radius 2 is 2.23 bits per heavy atom. The number of rotatable bonds is 1. The molecule has 0 amide bonds. The molecule has 1 heterocycles. The molecule has 0 spiro atoms. The zero-order valence-corrected chi connectivity index (χ0v) is 8.63. The van der Waals surface area contributed by atoms with Crippen molar-refractivity contribution in [2.24, 2.45) is 0 Å². The monoisotopic (exact) mass is 236 g/mol. The van der Waals surface area contributed by atoms with Gasteiger partial charge in [0.2, 0.25) is 0 Å². The van der Waals surface area contributed by atoms with E-state index >= 15 is 0 Å². The summed E-state index contributed by atoms with van der Waals surface area (Å²) >= 11 is 3.52. The first-order chi connectivity index (χ1) is 6.34. The molecule has 3 heteroatoms. The minimum atomic E-state index is 0.764. The maximum absolute atomic E-state index is 4.07. The van der Waals surface area contributed by atoms with Crippen LogP contribution in [0.4, 0.5) is 0 Å². The van der Waals surface area contributed by atoms with Crippen molar-refractivity contribution in [1.82, 2.24) is 10.2 Å². The molecule has 1 N–H and O–H groups in total. The van der Waals surface area contributed by atoms with Gasteiger partial charge in [-0.25, -0.2) is 0 Å². The maximum atomic E-state index is 4.07. The van der Waals surface area contributed by atoms with Crippen LogP contribution in [0.2, 0.25) is 0 Å². The molecule has 2 aromatic rings. The third-order valence-corrected chi connectivity index (χ3v) is 3.02. The van der Waals surface area contributed by atoms with E-state index in [0.29, 0.717) is 0 Å². The van der Waals surface area contributed by atoms with Gasteiger partial charge >= 0.3 is 0 Å². The van der Waals surface area contributed by atoms with E-state index in [4.69, 9.17) is 0 Å². The smallest absolute Gasteiger partial charge is 0.0685 e. The molecule has 0 radical (unpaired) electrons. The second kappa shape index (κ2) is 2.58. The van der Waals surface area contributed by atoms with Crippen LogP contribution >= 0.6 is 15.9 Å². The van der Waals surface area contributed by atoms with Gasteiger partial charge in [0.1, 0.15) is 0 Å². The van der Waals surface area contributed by atoms with E-state index in [1.54, 1.807) is 0 Å². The number of hydrogen-bond donors (Lipinski definition) is 1. The molecule has 1 aromatic carbocycles. The van der Waals surface area contributed by atoms with Crippen molar-refractivity contribution < 1.29 is 0 Å². The molecule has 0 saturated heterocycles. The highest BCUT2D eigenvalue weighted by molar-refractivity contribution is 9.10. The molecule has 0 aliphatic heterocycles. The zero-order valence-electron chi connectivity index (χ0n) is 7.05. The highest BCUT2D eigenvalue weighted by atomic mass is 79.9. The molecule has 2 nitrogen and oxygen atoms in total. The van der Waals surface area contributed by atoms with E-state index < -0.39 is 0 Å². The number of aromatic nitrogens is 2. The normalized spacial score (nSPS) is 16.7. The zero-order chi connectivity index (χ0) is 8.84. The molecule has 1 aliphatic rings. The molecule has 3 rings (SSSR count). The Kier molecular flexibility index (Phi) is 1.50. The number of nitrogens with one attached hydrogen (secondary N) is 1. The Labute approximate surface area is 84.5 Å². The standard InChI is InChI=1S/C10H9BrN2/c11-8-3-7-5-12-13-10(7)9(4-8)6-1-2-6/h3-6H,1-2H2,(H,12,13). The lowest BCUT2D eigenvalue weighted by Gasteiger charge is -2.00. The summed E-state index contributed by atoms with van der Waals surface area (Å²) in [5.41, 5.74) is 2.63. The van der Waals surface area contributed by atoms with E-state index in [2.05, 4.69) is 38.3 Å². The molecule has 1 saturated carbocycles. The van der Waals surface area contributed by atoms with Gasteiger partial charge in [0.25, 0.3) is 0 Å². The maximum Gasteiger partial charge on any atom is 0.0685 e. The summed E-state index contributed by atoms with van der Waals surface area (Å²) in [4.78, 5) is 0. The number of fused-ring (bicyclic) bond motifs is 1. The Morgan fingerprint density at radius 1 is 1.38 bits per heavy atom. The van der Waals surface area contributed by atoms with Gasteiger partial charge in [0, 0.05) is 9.86 Å². The van der Waals surface area contributed by atoms with Crippen molar-refractivity contribution in [2.75, 3.05) is 0 Å². The largest absolute Gasteiger partial charge is 0.278 e. The number of hydrogen-bond acceptors (Lipinski definition) is 1. The van der Waals surface area contributed by atoms with Gasteiger partial charge in [-0.2, -0.15) is 5.10 Å². The van der Waals surface area contributed by atoms with Gasteiger partial charge in [-0.05, 0) is 36.5 Å². The van der Waals surface area contributed by atoms with Crippen LogP contribution in [0, 0.1) is 0 Å². The van der Waals surface area contributed by atoms with Crippen molar-refractivity contribution in [1.29, 1.82) is 0 Å². The van der Waals surface area contributed by atoms with Crippen LogP contribution in [-0.4, -0.2) is 10.2 Å². The van der Waals surface area contributed by atoms with Crippen LogP contribution < -0.4 is 0 Å². The fraction of sp³-hybridized carbons (Fsp3) is 0.300. The topological polar surface area (TPSA) is 28.7 Å². The van der Waals surface area contributed by atoms with Crippen LogP contribution in [0.5, 0.6) is 0 Å². The highest BCUT2D eigenvalue weighted by Crippen LogP contribution is 2.43. The fourth-order valence-electron chi connectivity index (χ4n) is 1.76. The summed E-state index contributed by atoms with van der Waals surface area (Å²) < 4.78 is 1.16. The number of H-pyrrole nitrogens is 1. The lowest BCUT2D eigenvalue weighted by Crippen LogP contribution is -1.82. The van der Waals surface area contributed by atoms with Gasteiger partial charge in [-0.1, -0.05) is 15.9 Å². The summed E-state index contributed by atoms with van der Waals surface area (Å²) in [6.45, 7) is 0. The van der Waals surface area contributed by atoms with Crippen molar-refractivity contribution >= 4 is 26.8 Å². The number of halogens is 1. The van der Waals surface area contributed by atoms with Gasteiger partial charge in [0.15, 0.2) is 0 Å². The summed E-state index contributed by atoms with van der Waals surface area (Å²) in [6.07, 6.45) is 4.53. The van der Waals surface area contributed by atoms with E-state index in [0.717, 1.165) is 10.4 Å². The SMILES string of the molecule is Brc1cc(C2CC2)c2[nH]ncc2c1. The first kappa shape index (κ1) is 7.56. The van der Waals surface area contributed by atoms with Crippen molar-refractivity contribution in [3.8, 4) is 0 Å². The van der Waals surface area contributed by atoms with E-state index in [9.17, 15) is 0 Å². The molecule has 0 unspecified atom stereocenters. The first-order valence-corrected chi connectivity index (χ1v) is 5.26. The minimum Gasteiger partial charge on any atom is -0.278 e. The van der Waals surface area contributed by atoms with Crippen LogP contribution in [0.1, 0.15) is 24.3 Å². The van der Waals surface area contributed by atoms with Crippen LogP contribution in [-0.2, 0) is 0 Å². The number of aromatic amines is 1. The second-order valence-electron chi connectivity index (χ2n) is 3.60. The molecule has 66 valence electrons. The first-order valence-electron chi connectivity index (χ1n) is 4.47. The summed E-state index contributed by atoms with van der Waals surface area (Å²) in [5.74, 6) is 0.764. The fourth-order valence-corrected chi connectivity index (χ4v) is 2.26. The average molecular weight is 237 g/mol. The minimum absolute atomic E-state index is 0.764. The summed E-state index contributed by atoms with van der Waals surface area (Å²) in [5, 5.41) is 8.34. The van der Waals surface area contributed by atoms with E-state index in [1.807, 2.05) is 6.20 Å². The molecular formula is C10H9BrN2. The lowest BCUT2D eigenvalue weighted by molar-refractivity contribution is 1.08. The third kappa shape index (κ3) is 1.18. The van der Waals surface area contributed by atoms with Crippen LogP contribution in [0.25, 0.3) is 10.9 Å². The Morgan fingerprint density at radius 3 is 3.00 bits per heavy atom. The quantitative estimate of drug-likeness (QED) is 0.810. The van der Waals surface area contributed by atoms with Crippen LogP contribution in [0.15, 0.2) is 22.8 Å². The predicted molar refractivity (Wildman–Crippen MR) is 55.8 cm³/mol. The van der Waals surface area contributed by atoms with Crippen molar-refractivity contribution in [3.05, 3.63) is 28.4 Å². The van der Waals surface area contributed by atoms with Crippen LogP contribution in [0.3, 0.4) is 0 Å². The Hall–Kier alpha value is -0.830. The molecule has 0 atom stereocenters. The van der Waals surface area contributed by atoms with E-state index in [1.165, 1.54) is 29.3 Å². The molecule has 0 bridgehead atoms. The van der Waals surface area contributed by atoms with Gasteiger partial charge < -0.3 is 0 Å². The van der Waals surface area contributed by atoms with Crippen molar-refractivity contribution in [2.45, 2.75) is 18.8 Å². The molecule has 13 heavy (non-hydrogen) atoms. The van der Waals surface area contributed by atoms with Gasteiger partial charge in [-0.15, -0.1) is 0 Å².